The molecule has 24 heavy (non-hydrogen) atoms. The van der Waals surface area contributed by atoms with E-state index in [1.165, 1.54) is 31.4 Å². The van der Waals surface area contributed by atoms with Gasteiger partial charge < -0.3 is 10.1 Å². The molecule has 0 bridgehead atoms. The van der Waals surface area contributed by atoms with Gasteiger partial charge in [-0.1, -0.05) is 23.7 Å². The molecule has 1 amide bonds. The molecule has 0 aliphatic rings. The van der Waals surface area contributed by atoms with Crippen molar-refractivity contribution in [2.45, 2.75) is 6.92 Å². The van der Waals surface area contributed by atoms with Crippen LogP contribution in [0.25, 0.3) is 6.08 Å². The van der Waals surface area contributed by atoms with Crippen LogP contribution in [0.1, 0.15) is 11.1 Å². The van der Waals surface area contributed by atoms with Crippen LogP contribution in [0.2, 0.25) is 5.02 Å². The zero-order valence-corrected chi connectivity index (χ0v) is 13.8. The minimum Gasteiger partial charge on any atom is -0.495 e. The van der Waals surface area contributed by atoms with Gasteiger partial charge in [-0.2, -0.15) is 5.26 Å². The van der Waals surface area contributed by atoms with Gasteiger partial charge in [0.05, 0.1) is 12.8 Å². The van der Waals surface area contributed by atoms with E-state index in [4.69, 9.17) is 16.3 Å². The minimum atomic E-state index is -0.623. The van der Waals surface area contributed by atoms with E-state index in [2.05, 4.69) is 5.32 Å². The number of rotatable bonds is 4. The average Bonchev–Trinajstić information content (AvgIpc) is 2.55. The Kier molecular flexibility index (Phi) is 5.56. The number of anilines is 1. The van der Waals surface area contributed by atoms with E-state index in [-0.39, 0.29) is 5.57 Å². The summed E-state index contributed by atoms with van der Waals surface area (Å²) in [7, 11) is 1.45. The van der Waals surface area contributed by atoms with Crippen molar-refractivity contribution in [2.75, 3.05) is 12.4 Å². The van der Waals surface area contributed by atoms with Crippen molar-refractivity contribution in [1.29, 1.82) is 5.26 Å². The van der Waals surface area contributed by atoms with E-state index in [9.17, 15) is 14.4 Å². The summed E-state index contributed by atoms with van der Waals surface area (Å²) in [6, 6.07) is 10.7. The summed E-state index contributed by atoms with van der Waals surface area (Å²) in [5, 5.41) is 12.3. The smallest absolute Gasteiger partial charge is 0.266 e. The zero-order chi connectivity index (χ0) is 17.7. The lowest BCUT2D eigenvalue weighted by atomic mass is 10.1. The third-order valence-electron chi connectivity index (χ3n) is 3.25. The van der Waals surface area contributed by atoms with Gasteiger partial charge in [0.1, 0.15) is 23.2 Å². The quantitative estimate of drug-likeness (QED) is 0.662. The summed E-state index contributed by atoms with van der Waals surface area (Å²) in [5.74, 6) is -0.694. The fourth-order valence-corrected chi connectivity index (χ4v) is 2.18. The summed E-state index contributed by atoms with van der Waals surface area (Å²) < 4.78 is 18.4. The SMILES string of the molecule is COc1cc(Cl)c(C)cc1NC(=O)/C(C#N)=C/c1cccc(F)c1. The summed E-state index contributed by atoms with van der Waals surface area (Å²) in [6.45, 7) is 1.78. The van der Waals surface area contributed by atoms with E-state index in [1.54, 1.807) is 25.1 Å². The second kappa shape index (κ2) is 7.62. The number of carbonyl (C=O) groups is 1. The topological polar surface area (TPSA) is 62.1 Å². The molecule has 0 spiro atoms. The van der Waals surface area contributed by atoms with Gasteiger partial charge in [0, 0.05) is 11.1 Å². The Morgan fingerprint density at radius 2 is 2.12 bits per heavy atom. The summed E-state index contributed by atoms with van der Waals surface area (Å²) in [5.41, 5.74) is 1.40. The second-order valence-electron chi connectivity index (χ2n) is 4.98. The lowest BCUT2D eigenvalue weighted by Gasteiger charge is -2.12. The average molecular weight is 345 g/mol. The van der Waals surface area contributed by atoms with E-state index >= 15 is 0 Å². The predicted molar refractivity (Wildman–Crippen MR) is 91.4 cm³/mol. The third kappa shape index (κ3) is 4.12. The Labute approximate surface area is 144 Å². The van der Waals surface area contributed by atoms with Gasteiger partial charge in [-0.25, -0.2) is 4.39 Å². The molecule has 0 aliphatic carbocycles. The molecule has 2 rings (SSSR count). The molecule has 0 saturated carbocycles. The van der Waals surface area contributed by atoms with E-state index in [0.29, 0.717) is 22.0 Å². The molecule has 0 heterocycles. The normalized spacial score (nSPS) is 10.9. The number of ether oxygens (including phenoxy) is 1. The first-order valence-corrected chi connectivity index (χ1v) is 7.35. The van der Waals surface area contributed by atoms with Gasteiger partial charge in [-0.3, -0.25) is 4.79 Å². The molecule has 0 aliphatic heterocycles. The molecule has 2 aromatic carbocycles. The zero-order valence-electron chi connectivity index (χ0n) is 13.1. The van der Waals surface area contributed by atoms with Gasteiger partial charge in [-0.15, -0.1) is 0 Å². The van der Waals surface area contributed by atoms with Crippen molar-refractivity contribution in [3.63, 3.8) is 0 Å². The van der Waals surface area contributed by atoms with Crippen molar-refractivity contribution >= 4 is 29.3 Å². The van der Waals surface area contributed by atoms with Crippen LogP contribution in [0, 0.1) is 24.1 Å². The van der Waals surface area contributed by atoms with Crippen LogP contribution < -0.4 is 10.1 Å². The molecule has 6 heteroatoms. The van der Waals surface area contributed by atoms with Gasteiger partial charge in [0.25, 0.3) is 5.91 Å². The molecule has 0 fully saturated rings. The monoisotopic (exact) mass is 344 g/mol. The van der Waals surface area contributed by atoms with Crippen LogP contribution in [0.5, 0.6) is 5.75 Å². The van der Waals surface area contributed by atoms with Gasteiger partial charge in [0.15, 0.2) is 0 Å². The highest BCUT2D eigenvalue weighted by atomic mass is 35.5. The molecule has 0 radical (unpaired) electrons. The number of benzene rings is 2. The Morgan fingerprint density at radius 1 is 1.38 bits per heavy atom. The third-order valence-corrected chi connectivity index (χ3v) is 3.66. The van der Waals surface area contributed by atoms with Gasteiger partial charge >= 0.3 is 0 Å². The Balaban J connectivity index is 2.31. The van der Waals surface area contributed by atoms with Gasteiger partial charge in [-0.05, 0) is 42.3 Å². The molecule has 1 N–H and O–H groups in total. The van der Waals surface area contributed by atoms with E-state index in [0.717, 1.165) is 5.56 Å². The van der Waals surface area contributed by atoms with Crippen LogP contribution in [-0.2, 0) is 4.79 Å². The maximum Gasteiger partial charge on any atom is 0.266 e. The molecular weight excluding hydrogens is 331 g/mol. The molecule has 2 aromatic rings. The van der Waals surface area contributed by atoms with Gasteiger partial charge in [0.2, 0.25) is 0 Å². The molecule has 0 atom stereocenters. The van der Waals surface area contributed by atoms with Crippen LogP contribution in [0.15, 0.2) is 42.0 Å². The maximum absolute atomic E-state index is 13.2. The van der Waals surface area contributed by atoms with Crippen molar-refractivity contribution in [1.82, 2.24) is 0 Å². The first-order valence-electron chi connectivity index (χ1n) is 6.97. The standard InChI is InChI=1S/C18H14ClFN2O2/c1-11-6-16(17(24-2)9-15(11)19)22-18(23)13(10-21)7-12-4-3-5-14(20)8-12/h3-9H,1-2H3,(H,22,23)/b13-7+. The molecule has 4 nitrogen and oxygen atoms in total. The fraction of sp³-hybridized carbons (Fsp3) is 0.111. The van der Waals surface area contributed by atoms with E-state index in [1.807, 2.05) is 6.07 Å². The van der Waals surface area contributed by atoms with Crippen molar-refractivity contribution in [3.05, 3.63) is 63.9 Å². The highest BCUT2D eigenvalue weighted by molar-refractivity contribution is 6.31. The van der Waals surface area contributed by atoms with Crippen molar-refractivity contribution in [3.8, 4) is 11.8 Å². The van der Waals surface area contributed by atoms with Crippen molar-refractivity contribution < 1.29 is 13.9 Å². The predicted octanol–water partition coefficient (Wildman–Crippen LogP) is 4.34. The number of halogens is 2. The fourth-order valence-electron chi connectivity index (χ4n) is 2.03. The lowest BCUT2D eigenvalue weighted by molar-refractivity contribution is -0.112. The number of nitrogens with zero attached hydrogens (tertiary/aromatic N) is 1. The Hall–Kier alpha value is -2.84. The molecule has 122 valence electrons. The lowest BCUT2D eigenvalue weighted by Crippen LogP contribution is -2.14. The van der Waals surface area contributed by atoms with Crippen LogP contribution in [0.3, 0.4) is 0 Å². The number of carbonyl (C=O) groups excluding carboxylic acids is 1. The number of amides is 1. The molecule has 0 saturated heterocycles. The largest absolute Gasteiger partial charge is 0.495 e. The highest BCUT2D eigenvalue weighted by Crippen LogP contribution is 2.31. The highest BCUT2D eigenvalue weighted by Gasteiger charge is 2.14. The van der Waals surface area contributed by atoms with Crippen molar-refractivity contribution in [2.24, 2.45) is 0 Å². The maximum atomic E-state index is 13.2. The van der Waals surface area contributed by atoms with E-state index < -0.39 is 11.7 Å². The number of nitriles is 1. The second-order valence-corrected chi connectivity index (χ2v) is 5.39. The summed E-state index contributed by atoms with van der Waals surface area (Å²) in [6.07, 6.45) is 1.31. The number of methoxy groups -OCH3 is 1. The summed E-state index contributed by atoms with van der Waals surface area (Å²) in [4.78, 5) is 12.3. The Morgan fingerprint density at radius 3 is 2.75 bits per heavy atom. The number of hydrogen-bond acceptors (Lipinski definition) is 3. The molecular formula is C18H14ClFN2O2. The summed E-state index contributed by atoms with van der Waals surface area (Å²) >= 11 is 6.02. The van der Waals surface area contributed by atoms with Crippen LogP contribution in [-0.4, -0.2) is 13.0 Å². The van der Waals surface area contributed by atoms with Crippen LogP contribution >= 0.6 is 11.6 Å². The molecule has 0 aromatic heterocycles. The number of hydrogen-bond donors (Lipinski definition) is 1. The Bertz CT molecular complexity index is 857. The van der Waals surface area contributed by atoms with Crippen LogP contribution in [0.4, 0.5) is 10.1 Å². The first-order chi connectivity index (χ1) is 11.4. The minimum absolute atomic E-state index is 0.157. The number of aryl methyl sites for hydroxylation is 1. The first kappa shape index (κ1) is 17.5. The number of nitrogens with one attached hydrogen (secondary N) is 1. The molecule has 0 unspecified atom stereocenters.